The number of anilines is 1. The van der Waals surface area contributed by atoms with Crippen LogP contribution in [0.5, 0.6) is 0 Å². The minimum Gasteiger partial charge on any atom is -0.267 e. The first kappa shape index (κ1) is 26.7. The number of hydrazone groups is 1. The van der Waals surface area contributed by atoms with E-state index in [4.69, 9.17) is 0 Å². The maximum Gasteiger partial charge on any atom is 0.280 e. The molecule has 0 saturated heterocycles. The summed E-state index contributed by atoms with van der Waals surface area (Å²) in [6.07, 6.45) is 3.31. The van der Waals surface area contributed by atoms with Gasteiger partial charge in [-0.1, -0.05) is 68.0 Å². The summed E-state index contributed by atoms with van der Waals surface area (Å²) in [4.78, 5) is 18.4. The number of thiazole rings is 1. The summed E-state index contributed by atoms with van der Waals surface area (Å²) >= 11 is 1.38. The van der Waals surface area contributed by atoms with E-state index in [1.165, 1.54) is 44.9 Å². The van der Waals surface area contributed by atoms with Gasteiger partial charge in [-0.3, -0.25) is 4.79 Å². The lowest BCUT2D eigenvalue weighted by Gasteiger charge is -2.20. The highest BCUT2D eigenvalue weighted by Gasteiger charge is 2.25. The van der Waals surface area contributed by atoms with E-state index in [0.717, 1.165) is 34.2 Å². The van der Waals surface area contributed by atoms with Crippen LogP contribution in [0, 0.1) is 6.92 Å². The van der Waals surface area contributed by atoms with Crippen molar-refractivity contribution in [3.05, 3.63) is 89.5 Å². The van der Waals surface area contributed by atoms with Crippen molar-refractivity contribution in [2.75, 3.05) is 18.1 Å². The lowest BCUT2D eigenvalue weighted by atomic mass is 10.2. The third kappa shape index (κ3) is 6.12. The van der Waals surface area contributed by atoms with Gasteiger partial charge in [-0.05, 0) is 60.9 Å². The van der Waals surface area contributed by atoms with Crippen LogP contribution in [0.2, 0.25) is 0 Å². The van der Waals surface area contributed by atoms with Gasteiger partial charge >= 0.3 is 0 Å². The minimum absolute atomic E-state index is 0.164. The molecule has 7 nitrogen and oxygen atoms in total. The first-order valence-electron chi connectivity index (χ1n) is 12.2. The van der Waals surface area contributed by atoms with E-state index in [9.17, 15) is 13.2 Å². The number of unbranched alkanes of at least 4 members (excludes halogenated alkanes) is 1. The summed E-state index contributed by atoms with van der Waals surface area (Å²) in [7, 11) is -3.64. The molecule has 0 unspecified atom stereocenters. The van der Waals surface area contributed by atoms with E-state index in [0.29, 0.717) is 23.8 Å². The Balaban J connectivity index is 1.67. The molecule has 1 amide bonds. The summed E-state index contributed by atoms with van der Waals surface area (Å²) < 4.78 is 28.6. The van der Waals surface area contributed by atoms with Crippen molar-refractivity contribution in [2.45, 2.75) is 38.5 Å². The number of benzene rings is 3. The molecule has 0 aliphatic carbocycles. The maximum absolute atomic E-state index is 13.6. The third-order valence-electron chi connectivity index (χ3n) is 5.88. The van der Waals surface area contributed by atoms with Crippen molar-refractivity contribution in [1.82, 2.24) is 9.29 Å². The number of aromatic nitrogens is 1. The van der Waals surface area contributed by atoms with Gasteiger partial charge in [0, 0.05) is 18.7 Å². The van der Waals surface area contributed by atoms with Gasteiger partial charge in [-0.25, -0.2) is 13.4 Å². The number of rotatable bonds is 10. The molecule has 4 aromatic rings. The van der Waals surface area contributed by atoms with Gasteiger partial charge < -0.3 is 0 Å². The van der Waals surface area contributed by atoms with Crippen molar-refractivity contribution < 1.29 is 13.2 Å². The molecule has 1 heterocycles. The molecule has 0 bridgehead atoms. The van der Waals surface area contributed by atoms with Crippen LogP contribution in [0.3, 0.4) is 0 Å². The SMILES string of the molecule is CCCCN(CC)S(=O)(=O)c1ccc(C(=O)N(/N=C/c2ccccc2)c2nc3ccc(C)cc3s2)cc1. The van der Waals surface area contributed by atoms with Gasteiger partial charge in [0.2, 0.25) is 15.2 Å². The average molecular weight is 535 g/mol. The standard InChI is InChI=1S/C28H30N4O3S2/c1-4-6-18-31(5-2)37(34,35)24-15-13-23(14-16-24)27(33)32(29-20-22-10-8-7-9-11-22)28-30-25-17-12-21(3)19-26(25)36-28/h7-17,19-20H,4-6,18H2,1-3H3/b29-20+. The quantitative estimate of drug-likeness (QED) is 0.182. The van der Waals surface area contributed by atoms with Crippen LogP contribution in [-0.2, 0) is 10.0 Å². The van der Waals surface area contributed by atoms with Crippen LogP contribution in [0.25, 0.3) is 10.2 Å². The van der Waals surface area contributed by atoms with Crippen molar-refractivity contribution in [3.63, 3.8) is 0 Å². The molecule has 0 radical (unpaired) electrons. The summed E-state index contributed by atoms with van der Waals surface area (Å²) in [5.41, 5.74) is 3.04. The van der Waals surface area contributed by atoms with Gasteiger partial charge in [-0.2, -0.15) is 14.4 Å². The summed E-state index contributed by atoms with van der Waals surface area (Å²) in [6.45, 7) is 6.72. The highest BCUT2D eigenvalue weighted by atomic mass is 32.2. The normalized spacial score (nSPS) is 12.0. The van der Waals surface area contributed by atoms with Gasteiger partial charge in [0.25, 0.3) is 5.91 Å². The highest BCUT2D eigenvalue weighted by Crippen LogP contribution is 2.31. The number of aryl methyl sites for hydroxylation is 1. The minimum atomic E-state index is -3.64. The van der Waals surface area contributed by atoms with Crippen molar-refractivity contribution in [2.24, 2.45) is 5.10 Å². The predicted molar refractivity (Wildman–Crippen MR) is 151 cm³/mol. The Bertz CT molecular complexity index is 1500. The Morgan fingerprint density at radius 3 is 2.43 bits per heavy atom. The number of nitrogens with zero attached hydrogens (tertiary/aromatic N) is 4. The zero-order chi connectivity index (χ0) is 26.4. The second-order valence-electron chi connectivity index (χ2n) is 8.61. The fraction of sp³-hybridized carbons (Fsp3) is 0.250. The van der Waals surface area contributed by atoms with Crippen LogP contribution in [0.4, 0.5) is 5.13 Å². The van der Waals surface area contributed by atoms with E-state index in [-0.39, 0.29) is 4.90 Å². The Labute approximate surface area is 222 Å². The zero-order valence-corrected chi connectivity index (χ0v) is 22.8. The molecule has 0 N–H and O–H groups in total. The number of fused-ring (bicyclic) bond motifs is 1. The molecule has 1 aromatic heterocycles. The second-order valence-corrected chi connectivity index (χ2v) is 11.6. The molecule has 4 rings (SSSR count). The van der Waals surface area contributed by atoms with Gasteiger partial charge in [-0.15, -0.1) is 0 Å². The van der Waals surface area contributed by atoms with E-state index >= 15 is 0 Å². The molecule has 192 valence electrons. The van der Waals surface area contributed by atoms with Crippen LogP contribution >= 0.6 is 11.3 Å². The second kappa shape index (κ2) is 11.8. The van der Waals surface area contributed by atoms with Gasteiger partial charge in [0.15, 0.2) is 0 Å². The number of carbonyl (C=O) groups is 1. The summed E-state index contributed by atoms with van der Waals surface area (Å²) in [5.74, 6) is -0.398. The van der Waals surface area contributed by atoms with Crippen molar-refractivity contribution >= 4 is 48.8 Å². The smallest absolute Gasteiger partial charge is 0.267 e. The third-order valence-corrected chi connectivity index (χ3v) is 8.86. The molecule has 3 aromatic carbocycles. The number of carbonyl (C=O) groups excluding carboxylic acids is 1. The first-order valence-corrected chi connectivity index (χ1v) is 14.5. The molecule has 0 spiro atoms. The summed E-state index contributed by atoms with van der Waals surface area (Å²) in [6, 6.07) is 21.5. The molecule has 0 atom stereocenters. The number of sulfonamides is 1. The molecule has 9 heteroatoms. The van der Waals surface area contributed by atoms with Crippen LogP contribution < -0.4 is 5.01 Å². The first-order chi connectivity index (χ1) is 17.8. The zero-order valence-electron chi connectivity index (χ0n) is 21.2. The van der Waals surface area contributed by atoms with Gasteiger partial charge in [0.1, 0.15) is 0 Å². The Morgan fingerprint density at radius 2 is 1.76 bits per heavy atom. The highest BCUT2D eigenvalue weighted by molar-refractivity contribution is 7.89. The lowest BCUT2D eigenvalue weighted by molar-refractivity contribution is 0.0987. The van der Waals surface area contributed by atoms with Crippen LogP contribution in [-0.4, -0.2) is 42.9 Å². The average Bonchev–Trinajstić information content (AvgIpc) is 3.32. The molecular weight excluding hydrogens is 504 g/mol. The topological polar surface area (TPSA) is 82.9 Å². The lowest BCUT2D eigenvalue weighted by Crippen LogP contribution is -2.32. The number of amides is 1. The Hall–Kier alpha value is -3.40. The largest absolute Gasteiger partial charge is 0.280 e. The number of hydrogen-bond donors (Lipinski definition) is 0. The summed E-state index contributed by atoms with van der Waals surface area (Å²) in [5, 5.41) is 6.20. The van der Waals surface area contributed by atoms with Crippen molar-refractivity contribution in [3.8, 4) is 0 Å². The fourth-order valence-corrected chi connectivity index (χ4v) is 6.29. The Kier molecular flexibility index (Phi) is 8.48. The van der Waals surface area contributed by atoms with Crippen LogP contribution in [0.1, 0.15) is 48.2 Å². The van der Waals surface area contributed by atoms with Crippen LogP contribution in [0.15, 0.2) is 82.8 Å². The van der Waals surface area contributed by atoms with E-state index in [2.05, 4.69) is 10.1 Å². The molecule has 0 saturated carbocycles. The molecule has 37 heavy (non-hydrogen) atoms. The molecule has 0 aliphatic rings. The predicted octanol–water partition coefficient (Wildman–Crippen LogP) is 6.10. The monoisotopic (exact) mass is 534 g/mol. The van der Waals surface area contributed by atoms with E-state index in [1.807, 2.05) is 69.3 Å². The molecule has 0 fully saturated rings. The number of hydrogen-bond acceptors (Lipinski definition) is 6. The van der Waals surface area contributed by atoms with Gasteiger partial charge in [0.05, 0.1) is 21.3 Å². The van der Waals surface area contributed by atoms with Crippen molar-refractivity contribution in [1.29, 1.82) is 0 Å². The van der Waals surface area contributed by atoms with E-state index in [1.54, 1.807) is 6.21 Å². The maximum atomic E-state index is 13.6. The molecule has 0 aliphatic heterocycles. The van der Waals surface area contributed by atoms with E-state index < -0.39 is 15.9 Å². The molecular formula is C28H30N4O3S2. The Morgan fingerprint density at radius 1 is 1.03 bits per heavy atom. The fourth-order valence-electron chi connectivity index (χ4n) is 3.79.